The van der Waals surface area contributed by atoms with Crippen LogP contribution in [-0.2, 0) is 4.74 Å². The molecule has 3 nitrogen and oxygen atoms in total. The minimum Gasteiger partial charge on any atom is -0.465 e. The molecule has 0 aliphatic rings. The van der Waals surface area contributed by atoms with Gasteiger partial charge < -0.3 is 9.30 Å². The van der Waals surface area contributed by atoms with Crippen LogP contribution in [0.25, 0.3) is 11.1 Å². The number of carbonyl (C=O) groups excluding carboxylic acids is 1. The first kappa shape index (κ1) is 13.6. The lowest BCUT2D eigenvalue weighted by molar-refractivity contribution is 0.0601. The number of carbonyl (C=O) groups is 1. The summed E-state index contributed by atoms with van der Waals surface area (Å²) in [4.78, 5) is 13.0. The molecule has 0 N–H and O–H groups in total. The zero-order valence-electron chi connectivity index (χ0n) is 11.6. The molecule has 0 saturated carbocycles. The number of thiophene rings is 1. The Hall–Kier alpha value is -1.81. The van der Waals surface area contributed by atoms with Crippen molar-refractivity contribution in [2.45, 2.75) is 20.8 Å². The zero-order valence-corrected chi connectivity index (χ0v) is 12.4. The number of nitrogens with zero attached hydrogens (tertiary/aromatic N) is 1. The van der Waals surface area contributed by atoms with Crippen LogP contribution < -0.4 is 0 Å². The number of aromatic nitrogens is 1. The van der Waals surface area contributed by atoms with E-state index in [0.717, 1.165) is 26.8 Å². The molecule has 2 aromatic rings. The second-order valence-corrected chi connectivity index (χ2v) is 5.67. The summed E-state index contributed by atoms with van der Waals surface area (Å²) >= 11 is 1.59. The highest BCUT2D eigenvalue weighted by Crippen LogP contribution is 2.31. The molecular weight excluding hydrogens is 258 g/mol. The fourth-order valence-corrected chi connectivity index (χ4v) is 3.34. The average Bonchev–Trinajstić information content (AvgIpc) is 2.88. The Labute approximate surface area is 117 Å². The number of esters is 1. The van der Waals surface area contributed by atoms with E-state index in [-0.39, 0.29) is 5.97 Å². The summed E-state index contributed by atoms with van der Waals surface area (Å²) in [5.41, 5.74) is 3.86. The van der Waals surface area contributed by atoms with E-state index in [0.29, 0.717) is 5.56 Å². The molecule has 2 aromatic heterocycles. The van der Waals surface area contributed by atoms with Crippen molar-refractivity contribution in [2.24, 2.45) is 0 Å². The van der Waals surface area contributed by atoms with E-state index in [4.69, 9.17) is 4.74 Å². The monoisotopic (exact) mass is 275 g/mol. The summed E-state index contributed by atoms with van der Waals surface area (Å²) in [6, 6.07) is 3.94. The first-order valence-corrected chi connectivity index (χ1v) is 6.81. The van der Waals surface area contributed by atoms with Crippen LogP contribution in [0.3, 0.4) is 0 Å². The fourth-order valence-electron chi connectivity index (χ4n) is 2.23. The van der Waals surface area contributed by atoms with Crippen LogP contribution in [0.15, 0.2) is 18.7 Å². The van der Waals surface area contributed by atoms with Crippen molar-refractivity contribution in [3.63, 3.8) is 0 Å². The van der Waals surface area contributed by atoms with E-state index in [9.17, 15) is 4.79 Å². The molecule has 0 atom stereocenters. The van der Waals surface area contributed by atoms with E-state index >= 15 is 0 Å². The van der Waals surface area contributed by atoms with Gasteiger partial charge in [0, 0.05) is 16.3 Å². The first-order chi connectivity index (χ1) is 8.99. The Morgan fingerprint density at radius 3 is 2.58 bits per heavy atom. The number of ether oxygens (including phenoxy) is 1. The third-order valence-electron chi connectivity index (χ3n) is 3.13. The van der Waals surface area contributed by atoms with Crippen LogP contribution in [0.1, 0.15) is 32.2 Å². The molecule has 0 saturated heterocycles. The number of aryl methyl sites for hydroxylation is 2. The van der Waals surface area contributed by atoms with Crippen LogP contribution in [-0.4, -0.2) is 17.6 Å². The fraction of sp³-hybridized carbons (Fsp3) is 0.267. The Balaban J connectivity index is 2.69. The molecule has 0 fully saturated rings. The molecule has 0 bridgehead atoms. The highest BCUT2D eigenvalue weighted by atomic mass is 32.1. The Bertz CT molecular complexity index is 649. The van der Waals surface area contributed by atoms with Crippen molar-refractivity contribution in [3.8, 4) is 5.00 Å². The maximum atomic E-state index is 11.9. The summed E-state index contributed by atoms with van der Waals surface area (Å²) in [5.74, 6) is -0.299. The van der Waals surface area contributed by atoms with Gasteiger partial charge in [-0.2, -0.15) is 0 Å². The maximum Gasteiger partial charge on any atom is 0.340 e. The molecule has 19 heavy (non-hydrogen) atoms. The van der Waals surface area contributed by atoms with Gasteiger partial charge in [-0.1, -0.05) is 12.7 Å². The third-order valence-corrected chi connectivity index (χ3v) is 4.17. The topological polar surface area (TPSA) is 31.2 Å². The SMILES string of the molecule is C=Cc1cc(C)n(-c2sc(C)cc2C(=O)OC)c1C. The van der Waals surface area contributed by atoms with Crippen molar-refractivity contribution in [1.82, 2.24) is 4.57 Å². The lowest BCUT2D eigenvalue weighted by atomic mass is 10.2. The third kappa shape index (κ3) is 2.24. The highest BCUT2D eigenvalue weighted by Gasteiger charge is 2.19. The molecule has 2 rings (SSSR count). The molecule has 0 aromatic carbocycles. The summed E-state index contributed by atoms with van der Waals surface area (Å²) < 4.78 is 6.94. The van der Waals surface area contributed by atoms with Gasteiger partial charge in [0.25, 0.3) is 0 Å². The van der Waals surface area contributed by atoms with Gasteiger partial charge in [-0.05, 0) is 38.5 Å². The van der Waals surface area contributed by atoms with Gasteiger partial charge in [-0.15, -0.1) is 11.3 Å². The molecule has 0 amide bonds. The zero-order chi connectivity index (χ0) is 14.2. The van der Waals surface area contributed by atoms with Crippen molar-refractivity contribution in [2.75, 3.05) is 7.11 Å². The predicted octanol–water partition coefficient (Wildman–Crippen LogP) is 3.89. The molecule has 100 valence electrons. The second-order valence-electron chi connectivity index (χ2n) is 4.43. The predicted molar refractivity (Wildman–Crippen MR) is 79.3 cm³/mol. The van der Waals surface area contributed by atoms with Gasteiger partial charge in [-0.25, -0.2) is 4.79 Å². The molecular formula is C15H17NO2S. The standard InChI is InChI=1S/C15H17NO2S/c1-6-12-7-9(2)16(11(12)4)14-13(15(17)18-5)8-10(3)19-14/h6-8H,1H2,2-5H3. The largest absolute Gasteiger partial charge is 0.465 e. The minimum atomic E-state index is -0.299. The van der Waals surface area contributed by atoms with Crippen molar-refractivity contribution >= 4 is 23.4 Å². The average molecular weight is 275 g/mol. The summed E-state index contributed by atoms with van der Waals surface area (Å²) in [6.07, 6.45) is 1.83. The van der Waals surface area contributed by atoms with E-state index in [1.54, 1.807) is 11.3 Å². The van der Waals surface area contributed by atoms with E-state index in [2.05, 4.69) is 17.2 Å². The van der Waals surface area contributed by atoms with Gasteiger partial charge >= 0.3 is 5.97 Å². The summed E-state index contributed by atoms with van der Waals surface area (Å²) in [5, 5.41) is 0.910. The quantitative estimate of drug-likeness (QED) is 0.796. The van der Waals surface area contributed by atoms with Crippen LogP contribution >= 0.6 is 11.3 Å². The van der Waals surface area contributed by atoms with Crippen LogP contribution in [0.2, 0.25) is 0 Å². The maximum absolute atomic E-state index is 11.9. The lowest BCUT2D eigenvalue weighted by Crippen LogP contribution is -2.06. The van der Waals surface area contributed by atoms with Crippen molar-refractivity contribution in [1.29, 1.82) is 0 Å². The summed E-state index contributed by atoms with van der Waals surface area (Å²) in [6.45, 7) is 9.86. The van der Waals surface area contributed by atoms with Gasteiger partial charge in [0.05, 0.1) is 12.7 Å². The molecule has 4 heteroatoms. The Morgan fingerprint density at radius 1 is 1.37 bits per heavy atom. The van der Waals surface area contributed by atoms with Gasteiger partial charge in [0.1, 0.15) is 5.00 Å². The highest BCUT2D eigenvalue weighted by molar-refractivity contribution is 7.14. The van der Waals surface area contributed by atoms with Crippen LogP contribution in [0.5, 0.6) is 0 Å². The van der Waals surface area contributed by atoms with Crippen molar-refractivity contribution < 1.29 is 9.53 Å². The molecule has 0 aliphatic heterocycles. The minimum absolute atomic E-state index is 0.299. The lowest BCUT2D eigenvalue weighted by Gasteiger charge is -2.09. The second kappa shape index (κ2) is 5.05. The smallest absolute Gasteiger partial charge is 0.340 e. The molecule has 0 aliphatic carbocycles. The van der Waals surface area contributed by atoms with E-state index < -0.39 is 0 Å². The molecule has 2 heterocycles. The van der Waals surface area contributed by atoms with Gasteiger partial charge in [0.15, 0.2) is 0 Å². The number of hydrogen-bond acceptors (Lipinski definition) is 3. The number of methoxy groups -OCH3 is 1. The van der Waals surface area contributed by atoms with Crippen molar-refractivity contribution in [3.05, 3.63) is 46.1 Å². The van der Waals surface area contributed by atoms with Crippen LogP contribution in [0, 0.1) is 20.8 Å². The first-order valence-electron chi connectivity index (χ1n) is 6.00. The number of rotatable bonds is 3. The van der Waals surface area contributed by atoms with E-state index in [1.807, 2.05) is 32.9 Å². The number of hydrogen-bond donors (Lipinski definition) is 0. The molecule has 0 radical (unpaired) electrons. The van der Waals surface area contributed by atoms with Gasteiger partial charge in [0.2, 0.25) is 0 Å². The normalized spacial score (nSPS) is 10.5. The van der Waals surface area contributed by atoms with Gasteiger partial charge in [-0.3, -0.25) is 0 Å². The van der Waals surface area contributed by atoms with E-state index in [1.165, 1.54) is 7.11 Å². The Morgan fingerprint density at radius 2 is 2.05 bits per heavy atom. The van der Waals surface area contributed by atoms with Crippen LogP contribution in [0.4, 0.5) is 0 Å². The Kier molecular flexibility index (Phi) is 3.62. The summed E-state index contributed by atoms with van der Waals surface area (Å²) in [7, 11) is 1.41. The molecule has 0 spiro atoms. The molecule has 0 unspecified atom stereocenters.